The van der Waals surface area contributed by atoms with Crippen molar-refractivity contribution < 1.29 is 9.59 Å². The molecule has 3 rings (SSSR count). The molecule has 2 atom stereocenters. The van der Waals surface area contributed by atoms with Crippen LogP contribution in [0.15, 0.2) is 42.5 Å². The first-order valence-corrected chi connectivity index (χ1v) is 9.17. The van der Waals surface area contributed by atoms with Gasteiger partial charge in [-0.15, -0.1) is 0 Å². The Kier molecular flexibility index (Phi) is 5.33. The third kappa shape index (κ3) is 3.75. The molecule has 0 spiro atoms. The number of carbonyl (C=O) groups is 2. The lowest BCUT2D eigenvalue weighted by Crippen LogP contribution is -2.34. The molecule has 0 saturated carbocycles. The van der Waals surface area contributed by atoms with E-state index in [1.54, 1.807) is 17.0 Å². The van der Waals surface area contributed by atoms with Crippen LogP contribution >= 0.6 is 11.6 Å². The lowest BCUT2D eigenvalue weighted by Gasteiger charge is -2.21. The Morgan fingerprint density at radius 2 is 1.88 bits per heavy atom. The predicted molar refractivity (Wildman–Crippen MR) is 104 cm³/mol. The van der Waals surface area contributed by atoms with E-state index in [-0.39, 0.29) is 30.2 Å². The molecule has 1 aliphatic rings. The highest BCUT2D eigenvalue weighted by molar-refractivity contribution is 6.30. The van der Waals surface area contributed by atoms with E-state index in [0.29, 0.717) is 11.6 Å². The van der Waals surface area contributed by atoms with Crippen LogP contribution in [-0.2, 0) is 9.59 Å². The fourth-order valence-corrected chi connectivity index (χ4v) is 3.44. The molecule has 1 N–H and O–H groups in total. The average molecular weight is 371 g/mol. The second-order valence-corrected chi connectivity index (χ2v) is 7.34. The molecule has 1 fully saturated rings. The maximum atomic E-state index is 12.7. The van der Waals surface area contributed by atoms with E-state index in [1.165, 1.54) is 0 Å². The highest BCUT2D eigenvalue weighted by Gasteiger charge is 2.36. The molecule has 4 nitrogen and oxygen atoms in total. The zero-order valence-electron chi connectivity index (χ0n) is 15.3. The van der Waals surface area contributed by atoms with Crippen LogP contribution in [-0.4, -0.2) is 18.4 Å². The third-order valence-electron chi connectivity index (χ3n) is 5.09. The van der Waals surface area contributed by atoms with Gasteiger partial charge in [-0.2, -0.15) is 0 Å². The Bertz CT molecular complexity index is 832. The van der Waals surface area contributed by atoms with Gasteiger partial charge in [-0.25, -0.2) is 0 Å². The van der Waals surface area contributed by atoms with Crippen molar-refractivity contribution in [3.05, 3.63) is 64.2 Å². The topological polar surface area (TPSA) is 49.4 Å². The van der Waals surface area contributed by atoms with Crippen LogP contribution < -0.4 is 10.2 Å². The summed E-state index contributed by atoms with van der Waals surface area (Å²) in [7, 11) is 0. The number of hydrogen-bond acceptors (Lipinski definition) is 2. The van der Waals surface area contributed by atoms with Crippen molar-refractivity contribution in [3.8, 4) is 0 Å². The van der Waals surface area contributed by atoms with E-state index < -0.39 is 0 Å². The summed E-state index contributed by atoms with van der Waals surface area (Å²) in [6, 6.07) is 13.2. The number of halogens is 1. The average Bonchev–Trinajstić information content (AvgIpc) is 2.99. The highest BCUT2D eigenvalue weighted by atomic mass is 35.5. The van der Waals surface area contributed by atoms with Gasteiger partial charge in [0.2, 0.25) is 11.8 Å². The largest absolute Gasteiger partial charge is 0.349 e. The number of aryl methyl sites for hydroxylation is 1. The molecule has 1 aliphatic heterocycles. The Labute approximate surface area is 159 Å². The van der Waals surface area contributed by atoms with Gasteiger partial charge in [0, 0.05) is 23.7 Å². The number of hydrogen-bond donors (Lipinski definition) is 1. The third-order valence-corrected chi connectivity index (χ3v) is 5.34. The predicted octanol–water partition coefficient (Wildman–Crippen LogP) is 4.19. The normalized spacial score (nSPS) is 18.1. The summed E-state index contributed by atoms with van der Waals surface area (Å²) in [6.45, 7) is 6.38. The summed E-state index contributed by atoms with van der Waals surface area (Å²) >= 11 is 5.91. The van der Waals surface area contributed by atoms with Gasteiger partial charge in [0.1, 0.15) is 0 Å². The summed E-state index contributed by atoms with van der Waals surface area (Å²) in [5.74, 6) is -0.427. The Balaban J connectivity index is 1.69. The number of nitrogens with one attached hydrogen (secondary N) is 1. The quantitative estimate of drug-likeness (QED) is 0.877. The molecule has 2 aromatic carbocycles. The number of rotatable bonds is 4. The summed E-state index contributed by atoms with van der Waals surface area (Å²) in [5, 5.41) is 3.68. The van der Waals surface area contributed by atoms with Gasteiger partial charge in [-0.05, 0) is 55.7 Å². The molecule has 2 aromatic rings. The van der Waals surface area contributed by atoms with Crippen molar-refractivity contribution in [2.24, 2.45) is 5.92 Å². The van der Waals surface area contributed by atoms with Crippen LogP contribution in [0.1, 0.15) is 36.1 Å². The number of nitrogens with zero attached hydrogens (tertiary/aromatic N) is 1. The molecular formula is C21H23ClN2O2. The van der Waals surface area contributed by atoms with E-state index in [0.717, 1.165) is 22.4 Å². The Morgan fingerprint density at radius 3 is 2.58 bits per heavy atom. The summed E-state index contributed by atoms with van der Waals surface area (Å²) in [5.41, 5.74) is 4.10. The Morgan fingerprint density at radius 1 is 1.19 bits per heavy atom. The zero-order valence-corrected chi connectivity index (χ0v) is 16.0. The molecule has 26 heavy (non-hydrogen) atoms. The molecule has 136 valence electrons. The highest BCUT2D eigenvalue weighted by Crippen LogP contribution is 2.30. The van der Waals surface area contributed by atoms with Crippen LogP contribution in [0.5, 0.6) is 0 Å². The van der Waals surface area contributed by atoms with Crippen molar-refractivity contribution in [2.45, 2.75) is 33.2 Å². The van der Waals surface area contributed by atoms with Gasteiger partial charge in [0.25, 0.3) is 0 Å². The minimum absolute atomic E-state index is 0.00186. The number of amides is 2. The van der Waals surface area contributed by atoms with Gasteiger partial charge >= 0.3 is 0 Å². The molecule has 0 radical (unpaired) electrons. The molecule has 1 saturated heterocycles. The molecular weight excluding hydrogens is 348 g/mol. The standard InChI is InChI=1S/C21H23ClN2O2/c1-13-5-4-6-19(14(13)2)24-12-17(11-20(24)25)21(26)23-15(3)16-7-9-18(22)10-8-16/h4-10,15,17H,11-12H2,1-3H3,(H,23,26). The molecule has 0 bridgehead atoms. The minimum Gasteiger partial charge on any atom is -0.349 e. The lowest BCUT2D eigenvalue weighted by atomic mass is 10.0. The fourth-order valence-electron chi connectivity index (χ4n) is 3.31. The molecule has 1 heterocycles. The van der Waals surface area contributed by atoms with E-state index in [4.69, 9.17) is 11.6 Å². The Hall–Kier alpha value is -2.33. The summed E-state index contributed by atoms with van der Waals surface area (Å²) in [4.78, 5) is 26.9. The van der Waals surface area contributed by atoms with E-state index in [2.05, 4.69) is 5.32 Å². The van der Waals surface area contributed by atoms with Crippen molar-refractivity contribution in [1.29, 1.82) is 0 Å². The van der Waals surface area contributed by atoms with Crippen molar-refractivity contribution >= 4 is 29.1 Å². The first kappa shape index (κ1) is 18.5. The molecule has 2 amide bonds. The second kappa shape index (κ2) is 7.50. The molecule has 2 unspecified atom stereocenters. The molecule has 5 heteroatoms. The van der Waals surface area contributed by atoms with Crippen LogP contribution in [0.25, 0.3) is 0 Å². The van der Waals surface area contributed by atoms with Crippen LogP contribution in [0, 0.1) is 19.8 Å². The van der Waals surface area contributed by atoms with E-state index >= 15 is 0 Å². The van der Waals surface area contributed by atoms with Gasteiger partial charge in [0.15, 0.2) is 0 Å². The van der Waals surface area contributed by atoms with Gasteiger partial charge in [0.05, 0.1) is 12.0 Å². The first-order chi connectivity index (χ1) is 12.4. The van der Waals surface area contributed by atoms with Crippen molar-refractivity contribution in [3.63, 3.8) is 0 Å². The lowest BCUT2D eigenvalue weighted by molar-refractivity contribution is -0.126. The number of benzene rings is 2. The van der Waals surface area contributed by atoms with Gasteiger partial charge in [-0.3, -0.25) is 9.59 Å². The van der Waals surface area contributed by atoms with Crippen LogP contribution in [0.2, 0.25) is 5.02 Å². The van der Waals surface area contributed by atoms with Crippen LogP contribution in [0.3, 0.4) is 0 Å². The summed E-state index contributed by atoms with van der Waals surface area (Å²) in [6.07, 6.45) is 0.243. The van der Waals surface area contributed by atoms with E-state index in [9.17, 15) is 9.59 Å². The van der Waals surface area contributed by atoms with Crippen molar-refractivity contribution in [1.82, 2.24) is 5.32 Å². The smallest absolute Gasteiger partial charge is 0.227 e. The SMILES string of the molecule is Cc1cccc(N2CC(C(=O)NC(C)c3ccc(Cl)cc3)CC2=O)c1C. The molecule has 0 aliphatic carbocycles. The first-order valence-electron chi connectivity index (χ1n) is 8.79. The van der Waals surface area contributed by atoms with Crippen LogP contribution in [0.4, 0.5) is 5.69 Å². The number of anilines is 1. The van der Waals surface area contributed by atoms with Crippen molar-refractivity contribution in [2.75, 3.05) is 11.4 Å². The maximum absolute atomic E-state index is 12.7. The monoisotopic (exact) mass is 370 g/mol. The van der Waals surface area contributed by atoms with E-state index in [1.807, 2.05) is 51.1 Å². The molecule has 0 aromatic heterocycles. The summed E-state index contributed by atoms with van der Waals surface area (Å²) < 4.78 is 0. The number of carbonyl (C=O) groups excluding carboxylic acids is 2. The second-order valence-electron chi connectivity index (χ2n) is 6.91. The van der Waals surface area contributed by atoms with Gasteiger partial charge < -0.3 is 10.2 Å². The zero-order chi connectivity index (χ0) is 18.8. The maximum Gasteiger partial charge on any atom is 0.227 e. The van der Waals surface area contributed by atoms with Gasteiger partial charge in [-0.1, -0.05) is 35.9 Å². The fraction of sp³-hybridized carbons (Fsp3) is 0.333. The minimum atomic E-state index is -0.336.